The number of likely N-dealkylation sites (tertiary alicyclic amines) is 1. The van der Waals surface area contributed by atoms with E-state index in [4.69, 9.17) is 0 Å². The first-order chi connectivity index (χ1) is 15.8. The summed E-state index contributed by atoms with van der Waals surface area (Å²) in [5, 5.41) is 3.75. The SMILES string of the molecule is CN1CCCN(C2C=C[C]=C(CC3C4CN(C(=O)c5ccc(C(C)(C)C)cc5)CC34)N2)CC1. The van der Waals surface area contributed by atoms with Gasteiger partial charge >= 0.3 is 0 Å². The number of amides is 1. The molecule has 1 N–H and O–H groups in total. The van der Waals surface area contributed by atoms with Crippen molar-refractivity contribution in [1.82, 2.24) is 20.0 Å². The normalized spacial score (nSPS) is 30.4. The minimum atomic E-state index is 0.112. The number of carbonyl (C=O) groups excluding carboxylic acids is 1. The summed E-state index contributed by atoms with van der Waals surface area (Å²) in [5.74, 6) is 2.18. The molecule has 1 amide bonds. The van der Waals surface area contributed by atoms with Crippen LogP contribution in [0.4, 0.5) is 0 Å². The van der Waals surface area contributed by atoms with Crippen LogP contribution in [-0.4, -0.2) is 73.1 Å². The summed E-state index contributed by atoms with van der Waals surface area (Å²) >= 11 is 0. The maximum absolute atomic E-state index is 13.0. The predicted octanol–water partition coefficient (Wildman–Crippen LogP) is 3.50. The standard InChI is InChI=1S/C28H39N4O/c1-28(2,3)21-11-9-20(10-12-21)27(33)32-18-24-23(25(24)19-32)17-22-7-5-8-26(29-22)31-14-6-13-30(4)15-16-31/h5,8-12,23-26,29H,6,13-19H2,1-4H3. The molecule has 4 aliphatic rings. The van der Waals surface area contributed by atoms with Crippen LogP contribution in [0.25, 0.3) is 0 Å². The molecule has 1 aromatic rings. The first kappa shape index (κ1) is 22.7. The maximum Gasteiger partial charge on any atom is 0.253 e. The Kier molecular flexibility index (Phi) is 6.13. The average molecular weight is 448 g/mol. The second kappa shape index (κ2) is 8.92. The molecule has 0 spiro atoms. The summed E-state index contributed by atoms with van der Waals surface area (Å²) in [6.07, 6.45) is 10.4. The third-order valence-electron chi connectivity index (χ3n) is 8.10. The van der Waals surface area contributed by atoms with Gasteiger partial charge in [0.15, 0.2) is 0 Å². The molecule has 0 bridgehead atoms. The van der Waals surface area contributed by atoms with Gasteiger partial charge in [0.05, 0.1) is 6.17 Å². The summed E-state index contributed by atoms with van der Waals surface area (Å²) in [6.45, 7) is 13.0. The van der Waals surface area contributed by atoms with Gasteiger partial charge in [-0.2, -0.15) is 0 Å². The molecule has 177 valence electrons. The van der Waals surface area contributed by atoms with E-state index in [1.807, 2.05) is 12.1 Å². The first-order valence-electron chi connectivity index (χ1n) is 12.7. The lowest BCUT2D eigenvalue weighted by Gasteiger charge is -2.32. The number of benzene rings is 1. The molecule has 5 heteroatoms. The predicted molar refractivity (Wildman–Crippen MR) is 133 cm³/mol. The maximum atomic E-state index is 13.0. The Labute approximate surface area is 199 Å². The van der Waals surface area contributed by atoms with Gasteiger partial charge < -0.3 is 15.1 Å². The van der Waals surface area contributed by atoms with Crippen LogP contribution in [0.3, 0.4) is 0 Å². The fraction of sp³-hybridized carbons (Fsp3) is 0.607. The van der Waals surface area contributed by atoms with Gasteiger partial charge in [0, 0.05) is 50.1 Å². The van der Waals surface area contributed by atoms with Gasteiger partial charge in [0.2, 0.25) is 0 Å². The smallest absolute Gasteiger partial charge is 0.253 e. The van der Waals surface area contributed by atoms with Gasteiger partial charge in [-0.15, -0.1) is 0 Å². The van der Waals surface area contributed by atoms with E-state index in [-0.39, 0.29) is 11.3 Å². The summed E-state index contributed by atoms with van der Waals surface area (Å²) < 4.78 is 0. The Balaban J connectivity index is 1.11. The molecule has 3 aliphatic heterocycles. The molecule has 1 aromatic carbocycles. The van der Waals surface area contributed by atoms with Crippen LogP contribution in [0, 0.1) is 23.8 Å². The van der Waals surface area contributed by atoms with E-state index in [0.717, 1.165) is 44.7 Å². The number of hydrogen-bond acceptors (Lipinski definition) is 4. The molecule has 3 heterocycles. The highest BCUT2D eigenvalue weighted by Gasteiger charge is 2.56. The van der Waals surface area contributed by atoms with Crippen LogP contribution < -0.4 is 5.32 Å². The first-order valence-corrected chi connectivity index (χ1v) is 12.7. The van der Waals surface area contributed by atoms with E-state index in [0.29, 0.717) is 23.9 Å². The highest BCUT2D eigenvalue weighted by molar-refractivity contribution is 5.94. The molecule has 0 aromatic heterocycles. The topological polar surface area (TPSA) is 38.8 Å². The lowest BCUT2D eigenvalue weighted by atomic mass is 9.86. The summed E-state index contributed by atoms with van der Waals surface area (Å²) in [7, 11) is 2.22. The van der Waals surface area contributed by atoms with Crippen LogP contribution in [-0.2, 0) is 5.41 Å². The van der Waals surface area contributed by atoms with Crippen molar-refractivity contribution in [3.05, 3.63) is 59.3 Å². The van der Waals surface area contributed by atoms with E-state index in [1.54, 1.807) is 0 Å². The van der Waals surface area contributed by atoms with Crippen LogP contribution >= 0.6 is 0 Å². The van der Waals surface area contributed by atoms with Gasteiger partial charge in [-0.1, -0.05) is 39.0 Å². The van der Waals surface area contributed by atoms with Gasteiger partial charge in [-0.05, 0) is 73.4 Å². The molecule has 1 saturated carbocycles. The minimum Gasteiger partial charge on any atom is -0.369 e. The molecule has 5 rings (SSSR count). The van der Waals surface area contributed by atoms with Crippen LogP contribution in [0.15, 0.2) is 42.1 Å². The van der Waals surface area contributed by atoms with E-state index in [1.165, 1.54) is 24.2 Å². The van der Waals surface area contributed by atoms with Crippen LogP contribution in [0.1, 0.15) is 49.5 Å². The van der Waals surface area contributed by atoms with E-state index in [9.17, 15) is 4.79 Å². The molecule has 2 saturated heterocycles. The number of carbonyl (C=O) groups is 1. The monoisotopic (exact) mass is 447 g/mol. The third kappa shape index (κ3) is 4.90. The largest absolute Gasteiger partial charge is 0.369 e. The minimum absolute atomic E-state index is 0.112. The lowest BCUT2D eigenvalue weighted by Crippen LogP contribution is -2.46. The van der Waals surface area contributed by atoms with Crippen molar-refractivity contribution in [2.24, 2.45) is 17.8 Å². The van der Waals surface area contributed by atoms with Gasteiger partial charge in [0.25, 0.3) is 5.91 Å². The number of hydrogen-bond donors (Lipinski definition) is 1. The molecule has 1 radical (unpaired) electrons. The lowest BCUT2D eigenvalue weighted by molar-refractivity contribution is 0.0767. The average Bonchev–Trinajstić information content (AvgIpc) is 3.31. The van der Waals surface area contributed by atoms with Gasteiger partial charge in [0.1, 0.15) is 0 Å². The Morgan fingerprint density at radius 3 is 2.48 bits per heavy atom. The van der Waals surface area contributed by atoms with Crippen molar-refractivity contribution in [1.29, 1.82) is 0 Å². The molecule has 5 nitrogen and oxygen atoms in total. The van der Waals surface area contributed by atoms with E-state index in [2.05, 4.69) is 78.2 Å². The molecule has 3 unspecified atom stereocenters. The molecular formula is C28H39N4O. The zero-order chi connectivity index (χ0) is 23.2. The van der Waals surface area contributed by atoms with Gasteiger partial charge in [-0.3, -0.25) is 9.69 Å². The number of rotatable bonds is 4. The summed E-state index contributed by atoms with van der Waals surface area (Å²) in [4.78, 5) is 20.1. The number of nitrogens with zero attached hydrogens (tertiary/aromatic N) is 3. The Morgan fingerprint density at radius 1 is 1.06 bits per heavy atom. The van der Waals surface area contributed by atoms with Crippen molar-refractivity contribution in [2.45, 2.75) is 45.2 Å². The zero-order valence-electron chi connectivity index (χ0n) is 20.7. The van der Waals surface area contributed by atoms with Crippen molar-refractivity contribution in [2.75, 3.05) is 46.3 Å². The van der Waals surface area contributed by atoms with Crippen molar-refractivity contribution in [3.63, 3.8) is 0 Å². The van der Waals surface area contributed by atoms with E-state index < -0.39 is 0 Å². The summed E-state index contributed by atoms with van der Waals surface area (Å²) in [6, 6.07) is 8.22. The Morgan fingerprint density at radius 2 is 1.79 bits per heavy atom. The second-order valence-electron chi connectivity index (χ2n) is 11.5. The third-order valence-corrected chi connectivity index (χ3v) is 8.10. The van der Waals surface area contributed by atoms with Crippen LogP contribution in [0.2, 0.25) is 0 Å². The van der Waals surface area contributed by atoms with Gasteiger partial charge in [-0.25, -0.2) is 0 Å². The number of allylic oxidation sites excluding steroid dienone is 3. The number of likely N-dealkylation sites (N-methyl/N-ethyl adjacent to an activating group) is 1. The van der Waals surface area contributed by atoms with E-state index >= 15 is 0 Å². The molecule has 3 fully saturated rings. The highest BCUT2D eigenvalue weighted by Crippen LogP contribution is 2.54. The Hall–Kier alpha value is -2.11. The van der Waals surface area contributed by atoms with Crippen molar-refractivity contribution < 1.29 is 4.79 Å². The van der Waals surface area contributed by atoms with Crippen molar-refractivity contribution >= 4 is 5.91 Å². The molecular weight excluding hydrogens is 408 g/mol. The quantitative estimate of drug-likeness (QED) is 0.767. The fourth-order valence-corrected chi connectivity index (χ4v) is 5.83. The van der Waals surface area contributed by atoms with Crippen molar-refractivity contribution in [3.8, 4) is 0 Å². The number of fused-ring (bicyclic) bond motifs is 1. The molecule has 3 atom stereocenters. The number of dihydropyridines is 1. The number of nitrogens with one attached hydrogen (secondary N) is 1. The zero-order valence-corrected chi connectivity index (χ0v) is 20.7. The van der Waals surface area contributed by atoms with Crippen LogP contribution in [0.5, 0.6) is 0 Å². The highest BCUT2D eigenvalue weighted by atomic mass is 16.2. The second-order valence-corrected chi connectivity index (χ2v) is 11.5. The molecule has 1 aliphatic carbocycles. The Bertz CT molecular complexity index is 916. The summed E-state index contributed by atoms with van der Waals surface area (Å²) in [5.41, 5.74) is 3.45. The molecule has 33 heavy (non-hydrogen) atoms. The fourth-order valence-electron chi connectivity index (χ4n) is 5.83. The number of piperidine rings is 1.